The number of anilines is 1. The van der Waals surface area contributed by atoms with E-state index in [-0.39, 0.29) is 5.56 Å². The van der Waals surface area contributed by atoms with Gasteiger partial charge in [-0.05, 0) is 56.2 Å². The first kappa shape index (κ1) is 17.5. The molecule has 0 amide bonds. The zero-order chi connectivity index (χ0) is 17.6. The Hall–Kier alpha value is -2.30. The molecule has 3 rings (SSSR count). The van der Waals surface area contributed by atoms with Crippen LogP contribution in [0, 0.1) is 5.92 Å². The van der Waals surface area contributed by atoms with Gasteiger partial charge in [-0.15, -0.1) is 0 Å². The largest absolute Gasteiger partial charge is 0.494 e. The fourth-order valence-electron chi connectivity index (χ4n) is 3.37. The average Bonchev–Trinajstić information content (AvgIpc) is 2.64. The van der Waals surface area contributed by atoms with E-state index in [1.807, 2.05) is 6.92 Å². The molecule has 0 bridgehead atoms. The standard InChI is InChI=1S/C20H27N3O2/c1-3-25-18-8-6-16(7-9-18)4-5-17-10-12-23(13-11-17)19-14-20(24)22(2)15-21-19/h6-9,14-15,17H,3-5,10-13H2,1-2H3. The molecule has 0 N–H and O–H groups in total. The van der Waals surface area contributed by atoms with E-state index in [1.54, 1.807) is 19.4 Å². The van der Waals surface area contributed by atoms with Crippen molar-refractivity contribution in [3.8, 4) is 5.75 Å². The van der Waals surface area contributed by atoms with Gasteiger partial charge < -0.3 is 14.2 Å². The predicted molar refractivity (Wildman–Crippen MR) is 100 cm³/mol. The van der Waals surface area contributed by atoms with Crippen LogP contribution < -0.4 is 15.2 Å². The SMILES string of the molecule is CCOc1ccc(CCC2CCN(c3cc(=O)n(C)cn3)CC2)cc1. The number of benzene rings is 1. The minimum atomic E-state index is 0.00243. The molecule has 0 spiro atoms. The first-order valence-corrected chi connectivity index (χ1v) is 9.15. The Labute approximate surface area is 149 Å². The van der Waals surface area contributed by atoms with Crippen LogP contribution in [-0.4, -0.2) is 29.2 Å². The van der Waals surface area contributed by atoms with Crippen LogP contribution in [0.4, 0.5) is 5.82 Å². The Balaban J connectivity index is 1.47. The van der Waals surface area contributed by atoms with Crippen LogP contribution in [0.25, 0.3) is 0 Å². The normalized spacial score (nSPS) is 15.4. The van der Waals surface area contributed by atoms with Crippen molar-refractivity contribution in [3.63, 3.8) is 0 Å². The Morgan fingerprint density at radius 2 is 1.92 bits per heavy atom. The Morgan fingerprint density at radius 3 is 2.56 bits per heavy atom. The van der Waals surface area contributed by atoms with Gasteiger partial charge in [-0.3, -0.25) is 4.79 Å². The van der Waals surface area contributed by atoms with Gasteiger partial charge in [0.25, 0.3) is 5.56 Å². The number of aromatic nitrogens is 2. The predicted octanol–water partition coefficient (Wildman–Crippen LogP) is 3.03. The highest BCUT2D eigenvalue weighted by atomic mass is 16.5. The summed E-state index contributed by atoms with van der Waals surface area (Å²) in [6.45, 7) is 4.67. The molecule has 1 fully saturated rings. The Bertz CT molecular complexity index is 731. The minimum Gasteiger partial charge on any atom is -0.494 e. The summed E-state index contributed by atoms with van der Waals surface area (Å²) in [5, 5.41) is 0. The molecule has 134 valence electrons. The van der Waals surface area contributed by atoms with Crippen LogP contribution in [0.2, 0.25) is 0 Å². The zero-order valence-corrected chi connectivity index (χ0v) is 15.1. The van der Waals surface area contributed by atoms with Crippen LogP contribution in [0.1, 0.15) is 31.7 Å². The quantitative estimate of drug-likeness (QED) is 0.810. The lowest BCUT2D eigenvalue weighted by molar-refractivity contribution is 0.340. The topological polar surface area (TPSA) is 47.4 Å². The first-order valence-electron chi connectivity index (χ1n) is 9.15. The molecule has 1 aliphatic heterocycles. The molecular formula is C20H27N3O2. The number of aryl methyl sites for hydroxylation is 2. The molecule has 5 nitrogen and oxygen atoms in total. The van der Waals surface area contributed by atoms with Crippen molar-refractivity contribution >= 4 is 5.82 Å². The van der Waals surface area contributed by atoms with Crippen LogP contribution in [-0.2, 0) is 13.5 Å². The van der Waals surface area contributed by atoms with Gasteiger partial charge in [-0.2, -0.15) is 0 Å². The lowest BCUT2D eigenvalue weighted by Crippen LogP contribution is -2.35. The molecule has 0 saturated carbocycles. The summed E-state index contributed by atoms with van der Waals surface area (Å²) in [6, 6.07) is 10.1. The number of nitrogens with zero attached hydrogens (tertiary/aromatic N) is 3. The highest BCUT2D eigenvalue weighted by molar-refractivity contribution is 5.37. The first-order chi connectivity index (χ1) is 12.2. The van der Waals surface area contributed by atoms with E-state index in [0.29, 0.717) is 6.61 Å². The summed E-state index contributed by atoms with van der Waals surface area (Å²) in [5.74, 6) is 2.50. The zero-order valence-electron chi connectivity index (χ0n) is 15.1. The van der Waals surface area contributed by atoms with Gasteiger partial charge in [-0.25, -0.2) is 4.98 Å². The minimum absolute atomic E-state index is 0.00243. The smallest absolute Gasteiger partial charge is 0.255 e. The van der Waals surface area contributed by atoms with Crippen molar-refractivity contribution in [2.24, 2.45) is 13.0 Å². The van der Waals surface area contributed by atoms with Crippen molar-refractivity contribution in [2.75, 3.05) is 24.6 Å². The monoisotopic (exact) mass is 341 g/mol. The molecule has 1 aliphatic rings. The molecule has 25 heavy (non-hydrogen) atoms. The second-order valence-corrected chi connectivity index (χ2v) is 6.74. The summed E-state index contributed by atoms with van der Waals surface area (Å²) >= 11 is 0. The lowest BCUT2D eigenvalue weighted by atomic mass is 9.90. The molecule has 2 aromatic rings. The molecule has 1 aromatic heterocycles. The average molecular weight is 341 g/mol. The van der Waals surface area contributed by atoms with E-state index >= 15 is 0 Å². The van der Waals surface area contributed by atoms with Crippen molar-refractivity contribution in [3.05, 3.63) is 52.6 Å². The molecular weight excluding hydrogens is 314 g/mol. The van der Waals surface area contributed by atoms with E-state index in [1.165, 1.54) is 16.6 Å². The third-order valence-electron chi connectivity index (χ3n) is 4.98. The molecule has 0 unspecified atom stereocenters. The maximum absolute atomic E-state index is 11.8. The maximum Gasteiger partial charge on any atom is 0.255 e. The summed E-state index contributed by atoms with van der Waals surface area (Å²) in [7, 11) is 1.73. The number of ether oxygens (including phenoxy) is 1. The highest BCUT2D eigenvalue weighted by Gasteiger charge is 2.20. The van der Waals surface area contributed by atoms with Crippen LogP contribution in [0.3, 0.4) is 0 Å². The van der Waals surface area contributed by atoms with Gasteiger partial charge in [-0.1, -0.05) is 12.1 Å². The van der Waals surface area contributed by atoms with Crippen molar-refractivity contribution in [2.45, 2.75) is 32.6 Å². The molecule has 1 aromatic carbocycles. The lowest BCUT2D eigenvalue weighted by Gasteiger charge is -2.32. The van der Waals surface area contributed by atoms with Crippen molar-refractivity contribution in [1.29, 1.82) is 0 Å². The van der Waals surface area contributed by atoms with Crippen molar-refractivity contribution < 1.29 is 4.74 Å². The number of hydrogen-bond acceptors (Lipinski definition) is 4. The fraction of sp³-hybridized carbons (Fsp3) is 0.500. The molecule has 1 saturated heterocycles. The van der Waals surface area contributed by atoms with Crippen LogP contribution in [0.5, 0.6) is 5.75 Å². The van der Waals surface area contributed by atoms with E-state index in [9.17, 15) is 4.79 Å². The maximum atomic E-state index is 11.8. The number of rotatable bonds is 6. The number of hydrogen-bond donors (Lipinski definition) is 0. The highest BCUT2D eigenvalue weighted by Crippen LogP contribution is 2.25. The Morgan fingerprint density at radius 1 is 1.20 bits per heavy atom. The molecule has 0 radical (unpaired) electrons. The summed E-state index contributed by atoms with van der Waals surface area (Å²) in [5.41, 5.74) is 1.38. The molecule has 2 heterocycles. The van der Waals surface area contributed by atoms with Crippen LogP contribution >= 0.6 is 0 Å². The second-order valence-electron chi connectivity index (χ2n) is 6.74. The van der Waals surface area contributed by atoms with Gasteiger partial charge in [0.1, 0.15) is 11.6 Å². The summed E-state index contributed by atoms with van der Waals surface area (Å²) < 4.78 is 7.00. The molecule has 5 heteroatoms. The Kier molecular flexibility index (Phi) is 5.74. The fourth-order valence-corrected chi connectivity index (χ4v) is 3.37. The van der Waals surface area contributed by atoms with E-state index < -0.39 is 0 Å². The van der Waals surface area contributed by atoms with Gasteiger partial charge in [0.15, 0.2) is 0 Å². The van der Waals surface area contributed by atoms with E-state index in [0.717, 1.165) is 49.8 Å². The van der Waals surface area contributed by atoms with Gasteiger partial charge in [0, 0.05) is 26.2 Å². The van der Waals surface area contributed by atoms with Gasteiger partial charge >= 0.3 is 0 Å². The van der Waals surface area contributed by atoms with Gasteiger partial charge in [0.2, 0.25) is 0 Å². The van der Waals surface area contributed by atoms with E-state index in [4.69, 9.17) is 4.74 Å². The second kappa shape index (κ2) is 8.19. The van der Waals surface area contributed by atoms with Crippen LogP contribution in [0.15, 0.2) is 41.5 Å². The third-order valence-corrected chi connectivity index (χ3v) is 4.98. The summed E-state index contributed by atoms with van der Waals surface area (Å²) in [6.07, 6.45) is 6.25. The number of piperidine rings is 1. The molecule has 0 aliphatic carbocycles. The van der Waals surface area contributed by atoms with Gasteiger partial charge in [0.05, 0.1) is 12.9 Å². The summed E-state index contributed by atoms with van der Waals surface area (Å²) in [4.78, 5) is 18.4. The third kappa shape index (κ3) is 4.62. The van der Waals surface area contributed by atoms with E-state index in [2.05, 4.69) is 34.1 Å². The molecule has 0 atom stereocenters. The van der Waals surface area contributed by atoms with Crippen molar-refractivity contribution in [1.82, 2.24) is 9.55 Å².